The summed E-state index contributed by atoms with van der Waals surface area (Å²) in [6.07, 6.45) is 3.34. The van der Waals surface area contributed by atoms with E-state index in [9.17, 15) is 4.55 Å². The minimum Gasteiger partial charge on any atom is -0.591 e. The molecule has 0 saturated carbocycles. The number of nitrogens with zero attached hydrogens (tertiary/aromatic N) is 3. The van der Waals surface area contributed by atoms with Crippen LogP contribution in [-0.2, 0) is 11.4 Å². The summed E-state index contributed by atoms with van der Waals surface area (Å²) in [6.45, 7) is 5.71. The Morgan fingerprint density at radius 1 is 1.00 bits per heavy atom. The third kappa shape index (κ3) is 4.65. The Hall–Kier alpha value is -3.26. The van der Waals surface area contributed by atoms with Crippen molar-refractivity contribution < 1.29 is 4.55 Å². The summed E-state index contributed by atoms with van der Waals surface area (Å²) in [5.74, 6) is 6.25. The van der Waals surface area contributed by atoms with Gasteiger partial charge in [0.15, 0.2) is 0 Å². The molecule has 0 aliphatic carbocycles. The van der Waals surface area contributed by atoms with Gasteiger partial charge in [-0.15, -0.1) is 0 Å². The maximum absolute atomic E-state index is 12.2. The van der Waals surface area contributed by atoms with Crippen molar-refractivity contribution in [2.45, 2.75) is 25.5 Å². The fraction of sp³-hybridized carbons (Fsp3) is 0.160. The average molecular weight is 444 g/mol. The van der Waals surface area contributed by atoms with E-state index in [4.69, 9.17) is 10.8 Å². The van der Waals surface area contributed by atoms with Gasteiger partial charge in [-0.2, -0.15) is 0 Å². The molecule has 1 unspecified atom stereocenters. The van der Waals surface area contributed by atoms with E-state index in [1.54, 1.807) is 12.4 Å². The molecule has 0 bridgehead atoms. The minimum atomic E-state index is -1.29. The second kappa shape index (κ2) is 9.08. The number of hydrogen-bond acceptors (Lipinski definition) is 6. The summed E-state index contributed by atoms with van der Waals surface area (Å²) >= 11 is -1.29. The lowest BCUT2D eigenvalue weighted by Crippen LogP contribution is -2.25. The van der Waals surface area contributed by atoms with Crippen LogP contribution in [0.15, 0.2) is 77.3 Å². The van der Waals surface area contributed by atoms with Crippen molar-refractivity contribution >= 4 is 34.3 Å². The van der Waals surface area contributed by atoms with Gasteiger partial charge in [-0.25, -0.2) is 15.8 Å². The average Bonchev–Trinajstić information content (AvgIpc) is 2.81. The van der Waals surface area contributed by atoms with Gasteiger partial charge in [0.25, 0.3) is 0 Å². The van der Waals surface area contributed by atoms with Crippen molar-refractivity contribution in [3.8, 4) is 22.4 Å². The lowest BCUT2D eigenvalue weighted by atomic mass is 9.97. The molecule has 2 aromatic heterocycles. The summed E-state index contributed by atoms with van der Waals surface area (Å²) in [4.78, 5) is 9.26. The summed E-state index contributed by atoms with van der Waals surface area (Å²) in [5.41, 5.74) is 8.21. The van der Waals surface area contributed by atoms with E-state index in [0.29, 0.717) is 5.82 Å². The third-order valence-electron chi connectivity index (χ3n) is 4.97. The molecule has 0 saturated heterocycles. The monoisotopic (exact) mass is 443 g/mol. The predicted octanol–water partition coefficient (Wildman–Crippen LogP) is 5.13. The maximum atomic E-state index is 12.2. The van der Waals surface area contributed by atoms with Crippen LogP contribution in [0, 0.1) is 0 Å². The molecule has 0 amide bonds. The highest BCUT2D eigenvalue weighted by Crippen LogP contribution is 2.35. The zero-order valence-corrected chi connectivity index (χ0v) is 19.1. The molecule has 4 aromatic rings. The van der Waals surface area contributed by atoms with Crippen LogP contribution in [-0.4, -0.2) is 25.5 Å². The Morgan fingerprint density at radius 3 is 2.38 bits per heavy atom. The standard InChI is InChI=1S/C25H25N5OS/c1-25(2,3)32(31)28-16-17-9-11-19(12-10-17)23-20(18-7-5-4-6-8-18)15-21-22(29-23)13-14-27-24(21)30-26/h4-16H,26H2,1-3H3,(H,27,30). The zero-order valence-electron chi connectivity index (χ0n) is 18.2. The highest BCUT2D eigenvalue weighted by Gasteiger charge is 2.25. The Morgan fingerprint density at radius 2 is 1.72 bits per heavy atom. The fourth-order valence-corrected chi connectivity index (χ4v) is 3.80. The molecular weight excluding hydrogens is 418 g/mol. The van der Waals surface area contributed by atoms with Gasteiger partial charge < -0.3 is 9.98 Å². The number of fused-ring (bicyclic) bond motifs is 1. The van der Waals surface area contributed by atoms with Crippen LogP contribution < -0.4 is 11.3 Å². The number of nitrogens with two attached hydrogens (primary N) is 1. The molecule has 0 spiro atoms. The summed E-state index contributed by atoms with van der Waals surface area (Å²) in [5, 5.41) is 0.853. The Balaban J connectivity index is 1.79. The van der Waals surface area contributed by atoms with Gasteiger partial charge in [-0.3, -0.25) is 0 Å². The SMILES string of the molecule is CC(C)(C)[S+]([O-])N=Cc1ccc(-c2nc3ccnc(NN)c3cc2-c2ccccc2)cc1. The number of hydrogen-bond donors (Lipinski definition) is 2. The lowest BCUT2D eigenvalue weighted by molar-refractivity contribution is 0.562. The van der Waals surface area contributed by atoms with E-state index in [0.717, 1.165) is 38.9 Å². The molecule has 0 aliphatic rings. The molecular formula is C25H25N5OS. The van der Waals surface area contributed by atoms with Crippen LogP contribution in [0.5, 0.6) is 0 Å². The number of hydrazine groups is 1. The van der Waals surface area contributed by atoms with Crippen LogP contribution in [0.4, 0.5) is 5.82 Å². The number of aromatic nitrogens is 2. The Bertz CT molecular complexity index is 1250. The normalized spacial score (nSPS) is 12.9. The van der Waals surface area contributed by atoms with Crippen molar-refractivity contribution in [3.05, 3.63) is 78.5 Å². The van der Waals surface area contributed by atoms with Crippen LogP contribution in [0.2, 0.25) is 0 Å². The number of nitrogens with one attached hydrogen (secondary N) is 1. The first-order chi connectivity index (χ1) is 15.4. The minimum absolute atomic E-state index is 0.387. The summed E-state index contributed by atoms with van der Waals surface area (Å²) in [6, 6.07) is 22.0. The molecule has 2 heterocycles. The highest BCUT2D eigenvalue weighted by atomic mass is 32.2. The molecule has 1 atom stereocenters. The zero-order chi connectivity index (χ0) is 22.7. The molecule has 0 aliphatic heterocycles. The number of benzene rings is 2. The van der Waals surface area contributed by atoms with Gasteiger partial charge in [0.1, 0.15) is 21.9 Å². The van der Waals surface area contributed by atoms with Gasteiger partial charge in [-0.1, -0.05) is 59.0 Å². The van der Waals surface area contributed by atoms with Crippen molar-refractivity contribution in [3.63, 3.8) is 0 Å². The first kappa shape index (κ1) is 22.0. The van der Waals surface area contributed by atoms with Crippen molar-refractivity contribution in [1.29, 1.82) is 0 Å². The first-order valence-electron chi connectivity index (χ1n) is 10.2. The Kier molecular flexibility index (Phi) is 6.23. The summed E-state index contributed by atoms with van der Waals surface area (Å²) < 4.78 is 16.0. The van der Waals surface area contributed by atoms with E-state index < -0.39 is 11.4 Å². The van der Waals surface area contributed by atoms with Gasteiger partial charge in [-0.05, 0) is 44.0 Å². The van der Waals surface area contributed by atoms with Crippen molar-refractivity contribution in [2.75, 3.05) is 5.43 Å². The molecule has 7 heteroatoms. The molecule has 32 heavy (non-hydrogen) atoms. The number of nitrogen functional groups attached to an aromatic ring is 1. The number of pyridine rings is 2. The van der Waals surface area contributed by atoms with Crippen LogP contribution in [0.25, 0.3) is 33.3 Å². The van der Waals surface area contributed by atoms with Crippen molar-refractivity contribution in [1.82, 2.24) is 9.97 Å². The first-order valence-corrected chi connectivity index (χ1v) is 11.4. The van der Waals surface area contributed by atoms with E-state index >= 15 is 0 Å². The predicted molar refractivity (Wildman–Crippen MR) is 134 cm³/mol. The third-order valence-corrected chi connectivity index (χ3v) is 6.31. The maximum Gasteiger partial charge on any atom is 0.149 e. The van der Waals surface area contributed by atoms with Gasteiger partial charge in [0.2, 0.25) is 0 Å². The van der Waals surface area contributed by atoms with E-state index in [-0.39, 0.29) is 4.75 Å². The molecule has 162 valence electrons. The van der Waals surface area contributed by atoms with Crippen LogP contribution in [0.1, 0.15) is 26.3 Å². The summed E-state index contributed by atoms with van der Waals surface area (Å²) in [7, 11) is 0. The van der Waals surface area contributed by atoms with Crippen LogP contribution in [0.3, 0.4) is 0 Å². The topological polar surface area (TPSA) is 99.2 Å². The smallest absolute Gasteiger partial charge is 0.149 e. The van der Waals surface area contributed by atoms with Gasteiger partial charge >= 0.3 is 0 Å². The second-order valence-electron chi connectivity index (χ2n) is 8.34. The number of anilines is 1. The molecule has 3 N–H and O–H groups in total. The number of rotatable bonds is 5. The molecule has 4 rings (SSSR count). The molecule has 0 radical (unpaired) electrons. The van der Waals surface area contributed by atoms with E-state index in [1.165, 1.54) is 0 Å². The Labute approximate surface area is 190 Å². The lowest BCUT2D eigenvalue weighted by Gasteiger charge is -2.17. The quantitative estimate of drug-likeness (QED) is 0.193. The van der Waals surface area contributed by atoms with Crippen molar-refractivity contribution in [2.24, 2.45) is 10.2 Å². The second-order valence-corrected chi connectivity index (χ2v) is 10.3. The van der Waals surface area contributed by atoms with E-state index in [1.807, 2.05) is 69.3 Å². The fourth-order valence-electron chi connectivity index (χ4n) is 3.26. The molecule has 6 nitrogen and oxygen atoms in total. The van der Waals surface area contributed by atoms with Crippen LogP contribution >= 0.6 is 0 Å². The van der Waals surface area contributed by atoms with Gasteiger partial charge in [0, 0.05) is 22.7 Å². The molecule has 0 fully saturated rings. The van der Waals surface area contributed by atoms with Gasteiger partial charge in [0.05, 0.1) is 17.4 Å². The molecule has 2 aromatic carbocycles. The largest absolute Gasteiger partial charge is 0.591 e. The van der Waals surface area contributed by atoms with E-state index in [2.05, 4.69) is 33.0 Å². The highest BCUT2D eigenvalue weighted by molar-refractivity contribution is 7.91.